The Morgan fingerprint density at radius 3 is 2.61 bits per heavy atom. The van der Waals surface area contributed by atoms with Crippen molar-refractivity contribution < 1.29 is 14.3 Å². The number of hydrogen-bond acceptors (Lipinski definition) is 6. The molecule has 4 rings (SSSR count). The molecule has 8 nitrogen and oxygen atoms in total. The summed E-state index contributed by atoms with van der Waals surface area (Å²) < 4.78 is 13.7. The van der Waals surface area contributed by atoms with E-state index in [-0.39, 0.29) is 17.4 Å². The maximum Gasteiger partial charge on any atom is 0.410 e. The largest absolute Gasteiger partial charge is 0.444 e. The number of piperidine rings is 1. The minimum atomic E-state index is -1.19. The second-order valence-electron chi connectivity index (χ2n) is 12.2. The van der Waals surface area contributed by atoms with Crippen molar-refractivity contribution in [2.24, 2.45) is 0 Å². The van der Waals surface area contributed by atoms with Gasteiger partial charge in [0.1, 0.15) is 23.8 Å². The Balaban J connectivity index is 1.64. The zero-order chi connectivity index (χ0) is 27.5. The van der Waals surface area contributed by atoms with E-state index in [1.165, 1.54) is 0 Å². The molecule has 1 saturated heterocycles. The summed E-state index contributed by atoms with van der Waals surface area (Å²) >= 11 is 6.45. The Hall–Kier alpha value is -2.62. The maximum absolute atomic E-state index is 12.7. The lowest BCUT2D eigenvalue weighted by molar-refractivity contribution is 0.0206. The Bertz CT molecular complexity index is 1250. The standard InChI is InChI=1S/C28H40ClN5O3Si/c1-28(2,3)37-27(35)33-14-10-13-21(17-33)30-24-23-22(20-11-8-7-9-12-20)18-34(25(23)32-26(29)31-24)19-36-15-16-38(4,5)6/h7-9,11-12,18,21H,10,13-17,19H2,1-6H3,(H,30,31,32)/t21-/m1/s1. The van der Waals surface area contributed by atoms with Crippen molar-refractivity contribution in [2.45, 2.75) is 77.7 Å². The van der Waals surface area contributed by atoms with Crippen molar-refractivity contribution in [3.05, 3.63) is 41.8 Å². The average molecular weight is 558 g/mol. The Kier molecular flexibility index (Phi) is 8.69. The van der Waals surface area contributed by atoms with Crippen LogP contribution in [0.3, 0.4) is 0 Å². The molecule has 10 heteroatoms. The summed E-state index contributed by atoms with van der Waals surface area (Å²) in [7, 11) is -1.19. The third kappa shape index (κ3) is 7.48. The Morgan fingerprint density at radius 2 is 1.92 bits per heavy atom. The van der Waals surface area contributed by atoms with Gasteiger partial charge in [0.15, 0.2) is 0 Å². The van der Waals surface area contributed by atoms with E-state index in [9.17, 15) is 4.79 Å². The van der Waals surface area contributed by atoms with Gasteiger partial charge in [-0.05, 0) is 56.8 Å². The van der Waals surface area contributed by atoms with E-state index in [4.69, 9.17) is 21.1 Å². The highest BCUT2D eigenvalue weighted by molar-refractivity contribution is 6.76. The maximum atomic E-state index is 12.7. The average Bonchev–Trinajstić information content (AvgIpc) is 3.19. The van der Waals surface area contributed by atoms with Crippen molar-refractivity contribution in [1.82, 2.24) is 19.4 Å². The molecule has 38 heavy (non-hydrogen) atoms. The van der Waals surface area contributed by atoms with Crippen molar-refractivity contribution in [3.63, 3.8) is 0 Å². The van der Waals surface area contributed by atoms with Crippen molar-refractivity contribution in [1.29, 1.82) is 0 Å². The van der Waals surface area contributed by atoms with Crippen LogP contribution in [0.2, 0.25) is 31.0 Å². The van der Waals surface area contributed by atoms with Crippen LogP contribution in [0.25, 0.3) is 22.2 Å². The van der Waals surface area contributed by atoms with Crippen LogP contribution in [0.5, 0.6) is 0 Å². The van der Waals surface area contributed by atoms with Crippen LogP contribution >= 0.6 is 11.6 Å². The molecular weight excluding hydrogens is 518 g/mol. The van der Waals surface area contributed by atoms with Gasteiger partial charge in [-0.3, -0.25) is 0 Å². The number of likely N-dealkylation sites (tertiary alicyclic amines) is 1. The van der Waals surface area contributed by atoms with E-state index in [0.29, 0.717) is 32.2 Å². The van der Waals surface area contributed by atoms with E-state index in [2.05, 4.69) is 53.3 Å². The monoisotopic (exact) mass is 557 g/mol. The third-order valence-electron chi connectivity index (χ3n) is 6.41. The van der Waals surface area contributed by atoms with Gasteiger partial charge in [0, 0.05) is 45.6 Å². The summed E-state index contributed by atoms with van der Waals surface area (Å²) in [6, 6.07) is 11.3. The summed E-state index contributed by atoms with van der Waals surface area (Å²) in [5.74, 6) is 0.663. The van der Waals surface area contributed by atoms with Gasteiger partial charge >= 0.3 is 6.09 Å². The molecule has 0 unspecified atom stereocenters. The molecule has 3 heterocycles. The van der Waals surface area contributed by atoms with Gasteiger partial charge in [0.05, 0.1) is 5.39 Å². The van der Waals surface area contributed by atoms with Crippen LogP contribution in [0.1, 0.15) is 33.6 Å². The number of anilines is 1. The van der Waals surface area contributed by atoms with E-state index in [0.717, 1.165) is 41.0 Å². The molecule has 1 aromatic carbocycles. The first-order valence-corrected chi connectivity index (χ1v) is 17.4. The highest BCUT2D eigenvalue weighted by Crippen LogP contribution is 2.35. The molecule has 2 aromatic heterocycles. The second kappa shape index (κ2) is 11.6. The lowest BCUT2D eigenvalue weighted by atomic mass is 10.0. The molecule has 1 N–H and O–H groups in total. The summed E-state index contributed by atoms with van der Waals surface area (Å²) in [6.07, 6.45) is 3.56. The van der Waals surface area contributed by atoms with Crippen LogP contribution in [-0.2, 0) is 16.2 Å². The zero-order valence-corrected chi connectivity index (χ0v) is 25.1. The minimum Gasteiger partial charge on any atom is -0.444 e. The van der Waals surface area contributed by atoms with Crippen LogP contribution in [-0.4, -0.2) is 64.9 Å². The van der Waals surface area contributed by atoms with Gasteiger partial charge in [-0.25, -0.2) is 9.78 Å². The first kappa shape index (κ1) is 28.4. The number of aromatic nitrogens is 3. The van der Waals surface area contributed by atoms with E-state index in [1.807, 2.05) is 43.5 Å². The van der Waals surface area contributed by atoms with Crippen molar-refractivity contribution >= 4 is 42.6 Å². The number of ether oxygens (including phenoxy) is 2. The molecule has 3 aromatic rings. The molecule has 1 amide bonds. The first-order valence-electron chi connectivity index (χ1n) is 13.3. The lowest BCUT2D eigenvalue weighted by Crippen LogP contribution is -2.47. The SMILES string of the molecule is CC(C)(C)OC(=O)N1CCC[C@@H](Nc2nc(Cl)nc3c2c(-c2ccccc2)cn3COCC[Si](C)(C)C)C1. The molecule has 0 radical (unpaired) electrons. The zero-order valence-electron chi connectivity index (χ0n) is 23.4. The molecule has 0 saturated carbocycles. The Morgan fingerprint density at radius 1 is 1.18 bits per heavy atom. The van der Waals surface area contributed by atoms with Crippen LogP contribution < -0.4 is 5.32 Å². The number of nitrogens with one attached hydrogen (secondary N) is 1. The number of amides is 1. The number of rotatable bonds is 8. The number of carbonyl (C=O) groups is 1. The lowest BCUT2D eigenvalue weighted by Gasteiger charge is -2.34. The normalized spacial score (nSPS) is 16.6. The topological polar surface area (TPSA) is 81.5 Å². The highest BCUT2D eigenvalue weighted by atomic mass is 35.5. The molecular formula is C28H40ClN5O3Si. The fourth-order valence-electron chi connectivity index (χ4n) is 4.52. The van der Waals surface area contributed by atoms with Crippen LogP contribution in [0.15, 0.2) is 36.5 Å². The third-order valence-corrected chi connectivity index (χ3v) is 8.29. The van der Waals surface area contributed by atoms with Gasteiger partial charge < -0.3 is 24.3 Å². The van der Waals surface area contributed by atoms with E-state index >= 15 is 0 Å². The highest BCUT2D eigenvalue weighted by Gasteiger charge is 2.29. The molecule has 0 aliphatic carbocycles. The molecule has 1 aliphatic rings. The predicted molar refractivity (Wildman–Crippen MR) is 157 cm³/mol. The first-order chi connectivity index (χ1) is 17.9. The quantitative estimate of drug-likeness (QED) is 0.185. The van der Waals surface area contributed by atoms with Crippen molar-refractivity contribution in [2.75, 3.05) is 25.0 Å². The van der Waals surface area contributed by atoms with Gasteiger partial charge in [-0.1, -0.05) is 50.0 Å². The minimum absolute atomic E-state index is 0.00500. The number of carbonyl (C=O) groups excluding carboxylic acids is 1. The summed E-state index contributed by atoms with van der Waals surface area (Å²) in [4.78, 5) is 23.7. The predicted octanol–water partition coefficient (Wildman–Crippen LogP) is 6.88. The van der Waals surface area contributed by atoms with Gasteiger partial charge in [0.25, 0.3) is 0 Å². The van der Waals surface area contributed by atoms with Gasteiger partial charge in [0.2, 0.25) is 5.28 Å². The van der Waals surface area contributed by atoms with Crippen LogP contribution in [0.4, 0.5) is 10.6 Å². The molecule has 1 aliphatic heterocycles. The fraction of sp³-hybridized carbons (Fsp3) is 0.536. The fourth-order valence-corrected chi connectivity index (χ4v) is 5.44. The number of nitrogens with zero attached hydrogens (tertiary/aromatic N) is 4. The number of halogens is 1. The molecule has 1 atom stereocenters. The molecule has 206 valence electrons. The van der Waals surface area contributed by atoms with E-state index < -0.39 is 13.7 Å². The van der Waals surface area contributed by atoms with E-state index in [1.54, 1.807) is 4.90 Å². The molecule has 0 spiro atoms. The van der Waals surface area contributed by atoms with Crippen molar-refractivity contribution in [3.8, 4) is 11.1 Å². The summed E-state index contributed by atoms with van der Waals surface area (Å²) in [6.45, 7) is 15.0. The van der Waals surface area contributed by atoms with Gasteiger partial charge in [-0.15, -0.1) is 0 Å². The summed E-state index contributed by atoms with van der Waals surface area (Å²) in [5.41, 5.74) is 2.26. The van der Waals surface area contributed by atoms with Gasteiger partial charge in [-0.2, -0.15) is 4.98 Å². The molecule has 0 bridgehead atoms. The number of fused-ring (bicyclic) bond motifs is 1. The number of hydrogen-bond donors (Lipinski definition) is 1. The van der Waals surface area contributed by atoms with Crippen LogP contribution in [0, 0.1) is 0 Å². The second-order valence-corrected chi connectivity index (χ2v) is 18.1. The number of benzene rings is 1. The summed E-state index contributed by atoms with van der Waals surface area (Å²) in [5, 5.41) is 4.65. The Labute approximate surface area is 231 Å². The molecule has 1 fully saturated rings. The smallest absolute Gasteiger partial charge is 0.410 e.